The predicted octanol–water partition coefficient (Wildman–Crippen LogP) is 7.31. The highest BCUT2D eigenvalue weighted by atomic mass is 32.2. The summed E-state index contributed by atoms with van der Waals surface area (Å²) >= 11 is 0. The summed E-state index contributed by atoms with van der Waals surface area (Å²) in [4.78, 5) is 17.9. The first-order valence-electron chi connectivity index (χ1n) is 14.0. The minimum absolute atomic E-state index is 0.0757. The van der Waals surface area contributed by atoms with Crippen molar-refractivity contribution in [2.45, 2.75) is 24.5 Å². The molecule has 1 atom stereocenters. The number of carbonyl (C=O) groups excluding carboxylic acids is 1. The summed E-state index contributed by atoms with van der Waals surface area (Å²) in [5, 5.41) is 0. The molecule has 0 aromatic heterocycles. The van der Waals surface area contributed by atoms with Crippen molar-refractivity contribution in [3.8, 4) is 5.75 Å². The number of aryl methyl sites for hydroxylation is 1. The van der Waals surface area contributed by atoms with E-state index in [1.54, 1.807) is 48.5 Å². The molecule has 1 aliphatic rings. The Morgan fingerprint density at radius 1 is 0.841 bits per heavy atom. The number of nitrogens with one attached hydrogen (secondary N) is 1. The number of halogens is 1. The van der Waals surface area contributed by atoms with Gasteiger partial charge in [-0.3, -0.25) is 14.4 Å². The van der Waals surface area contributed by atoms with E-state index in [-0.39, 0.29) is 10.5 Å². The molecule has 44 heavy (non-hydrogen) atoms. The number of rotatable bonds is 8. The van der Waals surface area contributed by atoms with Gasteiger partial charge in [0.1, 0.15) is 17.7 Å². The summed E-state index contributed by atoms with van der Waals surface area (Å²) in [6.07, 6.45) is -0.848. The lowest BCUT2D eigenvalue weighted by molar-refractivity contribution is 0.0967. The zero-order valence-electron chi connectivity index (χ0n) is 24.1. The molecule has 0 aliphatic carbocycles. The maximum atomic E-state index is 15.6. The lowest BCUT2D eigenvalue weighted by Crippen LogP contribution is -2.50. The number of fused-ring (bicyclic) bond motifs is 1. The van der Waals surface area contributed by atoms with E-state index >= 15 is 4.39 Å². The standard InChI is InChI=1S/C35H30FN3O4S/c1-24-12-16-27(17-13-24)39-34(30-10-6-7-11-32(30)36)38(23-25-8-4-3-5-9-25)33-21-20-29(22-31(33)35(39)40)44(41,42)37-26-14-18-28(43-2)19-15-26/h3-22,34,37H,23H2,1-2H3/t34-/m0/s1. The molecular formula is C35H30FN3O4S. The van der Waals surface area contributed by atoms with Crippen LogP contribution in [-0.2, 0) is 16.6 Å². The van der Waals surface area contributed by atoms with Crippen molar-refractivity contribution in [1.82, 2.24) is 0 Å². The molecule has 0 bridgehead atoms. The number of carbonyl (C=O) groups is 1. The lowest BCUT2D eigenvalue weighted by Gasteiger charge is -2.46. The van der Waals surface area contributed by atoms with Gasteiger partial charge in [-0.15, -0.1) is 0 Å². The van der Waals surface area contributed by atoms with Crippen LogP contribution >= 0.6 is 0 Å². The first kappa shape index (κ1) is 28.9. The quantitative estimate of drug-likeness (QED) is 0.200. The SMILES string of the molecule is COc1ccc(NS(=O)(=O)c2ccc3c(c2)C(=O)N(c2ccc(C)cc2)[C@@H](c2ccccc2F)N3Cc2ccccc2)cc1. The van der Waals surface area contributed by atoms with Gasteiger partial charge in [0.05, 0.1) is 23.3 Å². The summed E-state index contributed by atoms with van der Waals surface area (Å²) < 4.78 is 50.3. The van der Waals surface area contributed by atoms with Crippen LogP contribution in [0.5, 0.6) is 5.75 Å². The fourth-order valence-electron chi connectivity index (χ4n) is 5.40. The number of anilines is 3. The smallest absolute Gasteiger partial charge is 0.262 e. The van der Waals surface area contributed by atoms with Crippen molar-refractivity contribution in [3.63, 3.8) is 0 Å². The van der Waals surface area contributed by atoms with Crippen LogP contribution in [0.15, 0.2) is 126 Å². The molecule has 0 spiro atoms. The first-order valence-corrected chi connectivity index (χ1v) is 15.5. The topological polar surface area (TPSA) is 78.9 Å². The fourth-order valence-corrected chi connectivity index (χ4v) is 6.48. The van der Waals surface area contributed by atoms with Gasteiger partial charge < -0.3 is 9.64 Å². The second-order valence-corrected chi connectivity index (χ2v) is 12.2. The minimum atomic E-state index is -4.07. The molecule has 5 aromatic rings. The Labute approximate surface area is 256 Å². The molecule has 7 nitrogen and oxygen atoms in total. The molecule has 0 unspecified atom stereocenters. The summed E-state index contributed by atoms with van der Waals surface area (Å²) in [7, 11) is -2.54. The van der Waals surface area contributed by atoms with Crippen LogP contribution in [0.4, 0.5) is 21.5 Å². The maximum absolute atomic E-state index is 15.6. The van der Waals surface area contributed by atoms with E-state index in [0.29, 0.717) is 34.9 Å². The van der Waals surface area contributed by atoms with E-state index in [2.05, 4.69) is 4.72 Å². The highest BCUT2D eigenvalue weighted by molar-refractivity contribution is 7.92. The highest BCUT2D eigenvalue weighted by Gasteiger charge is 2.41. The minimum Gasteiger partial charge on any atom is -0.497 e. The Bertz CT molecular complexity index is 1910. The molecule has 9 heteroatoms. The second-order valence-electron chi connectivity index (χ2n) is 10.5. The van der Waals surface area contributed by atoms with Crippen LogP contribution < -0.4 is 19.3 Å². The molecule has 222 valence electrons. The Morgan fingerprint density at radius 3 is 2.20 bits per heavy atom. The van der Waals surface area contributed by atoms with E-state index in [1.165, 1.54) is 30.2 Å². The molecule has 0 saturated heterocycles. The van der Waals surface area contributed by atoms with Crippen LogP contribution in [0.3, 0.4) is 0 Å². The van der Waals surface area contributed by atoms with Gasteiger partial charge in [0.2, 0.25) is 0 Å². The third-order valence-corrected chi connectivity index (χ3v) is 8.99. The number of nitrogens with zero attached hydrogens (tertiary/aromatic N) is 2. The fraction of sp³-hybridized carbons (Fsp3) is 0.114. The number of hydrogen-bond acceptors (Lipinski definition) is 5. The van der Waals surface area contributed by atoms with Gasteiger partial charge in [-0.2, -0.15) is 0 Å². The van der Waals surface area contributed by atoms with Gasteiger partial charge in [-0.1, -0.05) is 66.2 Å². The summed E-state index contributed by atoms with van der Waals surface area (Å²) in [6, 6.07) is 34.5. The van der Waals surface area contributed by atoms with E-state index in [0.717, 1.165) is 11.1 Å². The summed E-state index contributed by atoms with van der Waals surface area (Å²) in [5.74, 6) is -0.304. The van der Waals surface area contributed by atoms with Crippen molar-refractivity contribution in [1.29, 1.82) is 0 Å². The normalized spacial score (nSPS) is 14.7. The number of amides is 1. The van der Waals surface area contributed by atoms with Crippen LogP contribution in [-0.4, -0.2) is 21.4 Å². The van der Waals surface area contributed by atoms with Gasteiger partial charge >= 0.3 is 0 Å². The number of sulfonamides is 1. The molecular weight excluding hydrogens is 577 g/mol. The van der Waals surface area contributed by atoms with Crippen LogP contribution in [0.1, 0.15) is 33.2 Å². The first-order chi connectivity index (χ1) is 21.2. The van der Waals surface area contributed by atoms with Crippen molar-refractivity contribution in [3.05, 3.63) is 149 Å². The van der Waals surface area contributed by atoms with E-state index in [1.807, 2.05) is 66.4 Å². The molecule has 5 aromatic carbocycles. The predicted molar refractivity (Wildman–Crippen MR) is 170 cm³/mol. The molecule has 1 N–H and O–H groups in total. The number of methoxy groups -OCH3 is 1. The molecule has 0 fully saturated rings. The van der Waals surface area contributed by atoms with Crippen LogP contribution in [0.25, 0.3) is 0 Å². The van der Waals surface area contributed by atoms with Gasteiger partial charge in [0.25, 0.3) is 15.9 Å². The van der Waals surface area contributed by atoms with Crippen molar-refractivity contribution in [2.24, 2.45) is 0 Å². The maximum Gasteiger partial charge on any atom is 0.262 e. The monoisotopic (exact) mass is 607 g/mol. The Kier molecular flexibility index (Phi) is 7.80. The average Bonchev–Trinajstić information content (AvgIpc) is 3.04. The average molecular weight is 608 g/mol. The van der Waals surface area contributed by atoms with E-state index < -0.39 is 27.9 Å². The zero-order chi connectivity index (χ0) is 30.8. The summed E-state index contributed by atoms with van der Waals surface area (Å²) in [6.45, 7) is 2.28. The van der Waals surface area contributed by atoms with Crippen LogP contribution in [0, 0.1) is 12.7 Å². The Hall–Kier alpha value is -5.15. The third-order valence-electron chi connectivity index (χ3n) is 7.61. The second kappa shape index (κ2) is 11.9. The Morgan fingerprint density at radius 2 is 1.52 bits per heavy atom. The number of ether oxygens (including phenoxy) is 1. The molecule has 0 radical (unpaired) electrons. The number of benzene rings is 5. The van der Waals surface area contributed by atoms with E-state index in [4.69, 9.17) is 4.74 Å². The molecule has 6 rings (SSSR count). The molecule has 1 amide bonds. The van der Waals surface area contributed by atoms with Crippen molar-refractivity contribution < 1.29 is 22.3 Å². The van der Waals surface area contributed by atoms with Crippen molar-refractivity contribution in [2.75, 3.05) is 21.6 Å². The third kappa shape index (κ3) is 5.61. The lowest BCUT2D eigenvalue weighted by atomic mass is 9.98. The molecule has 1 heterocycles. The molecule has 0 saturated carbocycles. The Balaban J connectivity index is 1.51. The van der Waals surface area contributed by atoms with E-state index in [9.17, 15) is 13.2 Å². The molecule has 1 aliphatic heterocycles. The van der Waals surface area contributed by atoms with Crippen molar-refractivity contribution >= 4 is 33.0 Å². The van der Waals surface area contributed by atoms with Gasteiger partial charge in [-0.05, 0) is 73.2 Å². The van der Waals surface area contributed by atoms with Crippen LogP contribution in [0.2, 0.25) is 0 Å². The van der Waals surface area contributed by atoms with Gasteiger partial charge in [0, 0.05) is 23.5 Å². The summed E-state index contributed by atoms with van der Waals surface area (Å²) in [5.41, 5.74) is 3.85. The zero-order valence-corrected chi connectivity index (χ0v) is 25.0. The highest BCUT2D eigenvalue weighted by Crippen LogP contribution is 2.43. The van der Waals surface area contributed by atoms with Gasteiger partial charge in [0.15, 0.2) is 0 Å². The largest absolute Gasteiger partial charge is 0.497 e. The van der Waals surface area contributed by atoms with Gasteiger partial charge in [-0.25, -0.2) is 12.8 Å². The number of hydrogen-bond donors (Lipinski definition) is 1.